The minimum Gasteiger partial charge on any atom is -0.478 e. The van der Waals surface area contributed by atoms with Crippen molar-refractivity contribution >= 4 is 35.8 Å². The summed E-state index contributed by atoms with van der Waals surface area (Å²) in [5.41, 5.74) is -4.32. The van der Waals surface area contributed by atoms with Gasteiger partial charge in [-0.3, -0.25) is 0 Å². The van der Waals surface area contributed by atoms with Crippen LogP contribution < -0.4 is 0 Å². The normalized spacial score (nSPS) is 10.4. The molecule has 0 aromatic heterocycles. The molecule has 12 heteroatoms. The predicted octanol–water partition coefficient (Wildman–Crippen LogP) is 3.21. The predicted molar refractivity (Wildman–Crippen MR) is 119 cm³/mol. The zero-order valence-electron chi connectivity index (χ0n) is 17.8. The van der Waals surface area contributed by atoms with E-state index >= 15 is 0 Å². The molecule has 0 bridgehead atoms. The zero-order valence-corrected chi connectivity index (χ0v) is 17.8. The Labute approximate surface area is 199 Å². The number of hydrogen-bond acceptors (Lipinski definition) is 6. The summed E-state index contributed by atoms with van der Waals surface area (Å²) in [7, 11) is 0. The summed E-state index contributed by atoms with van der Waals surface area (Å²) >= 11 is 0. The standard InChI is InChI=1S/C24H14O12/c25-19(26)11-5-13(17(23(33)34)15(7-11)21(29)30)9-1-2-10(4-3-9)14-6-12(20(27)28)8-16(22(31)32)18(14)24(35)36/h1-8H,(H,25,26)(H,27,28)(H,29,30)(H,31,32)(H,33,34)(H,35,36). The number of carboxylic acids is 6. The lowest BCUT2D eigenvalue weighted by Crippen LogP contribution is -2.13. The molecule has 0 radical (unpaired) electrons. The van der Waals surface area contributed by atoms with E-state index in [0.29, 0.717) is 12.1 Å². The zero-order chi connectivity index (χ0) is 26.9. The highest BCUT2D eigenvalue weighted by Crippen LogP contribution is 2.33. The Morgan fingerprint density at radius 1 is 0.417 bits per heavy atom. The molecular weight excluding hydrogens is 480 g/mol. The number of carboxylic acid groups (broad SMARTS) is 6. The highest BCUT2D eigenvalue weighted by molar-refractivity contribution is 6.10. The van der Waals surface area contributed by atoms with Gasteiger partial charge in [0.15, 0.2) is 0 Å². The van der Waals surface area contributed by atoms with Gasteiger partial charge in [-0.15, -0.1) is 0 Å². The van der Waals surface area contributed by atoms with E-state index in [2.05, 4.69) is 0 Å². The van der Waals surface area contributed by atoms with Crippen molar-refractivity contribution < 1.29 is 59.4 Å². The lowest BCUT2D eigenvalue weighted by atomic mass is 9.89. The van der Waals surface area contributed by atoms with Crippen LogP contribution in [0.2, 0.25) is 0 Å². The molecule has 0 spiro atoms. The first kappa shape index (κ1) is 25.1. The smallest absolute Gasteiger partial charge is 0.337 e. The van der Waals surface area contributed by atoms with Gasteiger partial charge >= 0.3 is 35.8 Å². The first-order valence-corrected chi connectivity index (χ1v) is 9.70. The highest BCUT2D eigenvalue weighted by Gasteiger charge is 2.26. The second-order valence-electron chi connectivity index (χ2n) is 7.30. The average molecular weight is 494 g/mol. The first-order chi connectivity index (χ1) is 16.8. The number of benzene rings is 3. The first-order valence-electron chi connectivity index (χ1n) is 9.70. The molecule has 0 fully saturated rings. The number of carbonyl (C=O) groups is 6. The van der Waals surface area contributed by atoms with Crippen LogP contribution in [0.1, 0.15) is 62.1 Å². The molecule has 0 aliphatic carbocycles. The molecule has 0 saturated heterocycles. The minimum atomic E-state index is -1.67. The Bertz CT molecular complexity index is 1370. The van der Waals surface area contributed by atoms with Crippen molar-refractivity contribution in [2.24, 2.45) is 0 Å². The van der Waals surface area contributed by atoms with Crippen molar-refractivity contribution in [2.75, 3.05) is 0 Å². The fourth-order valence-corrected chi connectivity index (χ4v) is 3.61. The van der Waals surface area contributed by atoms with Crippen LogP contribution in [0.3, 0.4) is 0 Å². The number of hydrogen-bond donors (Lipinski definition) is 6. The van der Waals surface area contributed by atoms with Crippen LogP contribution in [0.4, 0.5) is 0 Å². The Balaban J connectivity index is 2.29. The molecular formula is C24H14O12. The molecule has 182 valence electrons. The van der Waals surface area contributed by atoms with Crippen molar-refractivity contribution in [3.63, 3.8) is 0 Å². The van der Waals surface area contributed by atoms with Gasteiger partial charge in [-0.2, -0.15) is 0 Å². The van der Waals surface area contributed by atoms with E-state index in [1.165, 1.54) is 24.3 Å². The lowest BCUT2D eigenvalue weighted by Gasteiger charge is -2.14. The topological polar surface area (TPSA) is 224 Å². The van der Waals surface area contributed by atoms with Gasteiger partial charge in [0.05, 0.1) is 33.4 Å². The molecule has 0 saturated carbocycles. The number of aromatic carboxylic acids is 6. The Kier molecular flexibility index (Phi) is 6.54. The summed E-state index contributed by atoms with van der Waals surface area (Å²) < 4.78 is 0. The summed E-state index contributed by atoms with van der Waals surface area (Å²) in [6, 6.07) is 8.25. The molecule has 3 rings (SSSR count). The van der Waals surface area contributed by atoms with Gasteiger partial charge in [-0.1, -0.05) is 24.3 Å². The van der Waals surface area contributed by atoms with Crippen molar-refractivity contribution in [1.29, 1.82) is 0 Å². The largest absolute Gasteiger partial charge is 0.478 e. The SMILES string of the molecule is O=C(O)c1cc(C(=O)O)c(C(=O)O)c(-c2ccc(-c3cc(C(=O)O)cc(C(=O)O)c3C(=O)O)cc2)c1. The van der Waals surface area contributed by atoms with Crippen LogP contribution >= 0.6 is 0 Å². The van der Waals surface area contributed by atoms with Crippen molar-refractivity contribution in [2.45, 2.75) is 0 Å². The van der Waals surface area contributed by atoms with E-state index in [4.69, 9.17) is 0 Å². The molecule has 0 amide bonds. The lowest BCUT2D eigenvalue weighted by molar-refractivity contribution is 0.0649. The molecule has 0 atom stereocenters. The second kappa shape index (κ2) is 9.38. The maximum Gasteiger partial charge on any atom is 0.337 e. The molecule has 0 unspecified atom stereocenters. The van der Waals surface area contributed by atoms with Crippen LogP contribution in [0.25, 0.3) is 22.3 Å². The van der Waals surface area contributed by atoms with E-state index in [9.17, 15) is 59.4 Å². The maximum atomic E-state index is 11.8. The fourth-order valence-electron chi connectivity index (χ4n) is 3.61. The van der Waals surface area contributed by atoms with E-state index in [1.807, 2.05) is 0 Å². The molecule has 3 aromatic carbocycles. The molecule has 6 N–H and O–H groups in total. The van der Waals surface area contributed by atoms with Crippen molar-refractivity contribution in [3.8, 4) is 22.3 Å². The Morgan fingerprint density at radius 2 is 0.722 bits per heavy atom. The third-order valence-electron chi connectivity index (χ3n) is 5.17. The third kappa shape index (κ3) is 4.59. The third-order valence-corrected chi connectivity index (χ3v) is 5.17. The summed E-state index contributed by atoms with van der Waals surface area (Å²) in [5.74, 6) is -9.65. The molecule has 0 aliphatic rings. The van der Waals surface area contributed by atoms with Crippen LogP contribution in [-0.2, 0) is 0 Å². The summed E-state index contributed by atoms with van der Waals surface area (Å²) in [5, 5.41) is 56.6. The molecule has 36 heavy (non-hydrogen) atoms. The highest BCUT2D eigenvalue weighted by atomic mass is 16.4. The quantitative estimate of drug-likeness (QED) is 0.265. The summed E-state index contributed by atoms with van der Waals surface area (Å²) in [4.78, 5) is 69.8. The molecule has 12 nitrogen and oxygen atoms in total. The molecule has 3 aromatic rings. The van der Waals surface area contributed by atoms with Crippen molar-refractivity contribution in [1.82, 2.24) is 0 Å². The Morgan fingerprint density at radius 3 is 0.944 bits per heavy atom. The van der Waals surface area contributed by atoms with Crippen LogP contribution in [-0.4, -0.2) is 66.5 Å². The molecule has 0 aliphatic heterocycles. The average Bonchev–Trinajstić information content (AvgIpc) is 2.81. The minimum absolute atomic E-state index is 0.0477. The van der Waals surface area contributed by atoms with E-state index < -0.39 is 69.2 Å². The summed E-state index contributed by atoms with van der Waals surface area (Å²) in [6.07, 6.45) is 0. The van der Waals surface area contributed by atoms with E-state index in [1.54, 1.807) is 0 Å². The maximum absolute atomic E-state index is 11.8. The monoisotopic (exact) mass is 494 g/mol. The van der Waals surface area contributed by atoms with Gasteiger partial charge in [0.1, 0.15) is 0 Å². The van der Waals surface area contributed by atoms with Crippen molar-refractivity contribution in [3.05, 3.63) is 81.9 Å². The Hall–Kier alpha value is -5.52. The summed E-state index contributed by atoms with van der Waals surface area (Å²) in [6.45, 7) is 0. The van der Waals surface area contributed by atoms with Gasteiger partial charge in [-0.25, -0.2) is 28.8 Å². The van der Waals surface area contributed by atoms with Gasteiger partial charge in [0, 0.05) is 0 Å². The van der Waals surface area contributed by atoms with Gasteiger partial charge in [-0.05, 0) is 46.5 Å². The number of rotatable bonds is 8. The van der Waals surface area contributed by atoms with Gasteiger partial charge in [0.25, 0.3) is 0 Å². The van der Waals surface area contributed by atoms with E-state index in [0.717, 1.165) is 12.1 Å². The van der Waals surface area contributed by atoms with Crippen LogP contribution in [0.5, 0.6) is 0 Å². The second-order valence-corrected chi connectivity index (χ2v) is 7.30. The van der Waals surface area contributed by atoms with E-state index in [-0.39, 0.29) is 22.3 Å². The van der Waals surface area contributed by atoms with Crippen LogP contribution in [0, 0.1) is 0 Å². The molecule has 0 heterocycles. The fraction of sp³-hybridized carbons (Fsp3) is 0. The van der Waals surface area contributed by atoms with Crippen LogP contribution in [0.15, 0.2) is 48.5 Å². The van der Waals surface area contributed by atoms with Gasteiger partial charge in [0.2, 0.25) is 0 Å². The van der Waals surface area contributed by atoms with Gasteiger partial charge < -0.3 is 30.6 Å².